The summed E-state index contributed by atoms with van der Waals surface area (Å²) in [5, 5.41) is 8.69. The molecule has 1 unspecified atom stereocenters. The standard InChI is InChI=1S/C10H16O/c1-9(7-8-11)10-5-3-2-4-6-10/h2-3,10-11H,1,4-8H2. The molecule has 1 aliphatic rings. The number of allylic oxidation sites excluding steroid dienone is 2. The van der Waals surface area contributed by atoms with Gasteiger partial charge in [-0.05, 0) is 31.6 Å². The summed E-state index contributed by atoms with van der Waals surface area (Å²) in [5.41, 5.74) is 1.22. The van der Waals surface area contributed by atoms with Crippen molar-refractivity contribution >= 4 is 0 Å². The van der Waals surface area contributed by atoms with Crippen LogP contribution in [0.4, 0.5) is 0 Å². The molecule has 0 saturated heterocycles. The zero-order chi connectivity index (χ0) is 8.10. The molecule has 0 bridgehead atoms. The van der Waals surface area contributed by atoms with E-state index in [1.165, 1.54) is 18.4 Å². The lowest BCUT2D eigenvalue weighted by atomic mass is 9.87. The number of aliphatic hydroxyl groups excluding tert-OH is 1. The van der Waals surface area contributed by atoms with E-state index in [-0.39, 0.29) is 6.61 Å². The Morgan fingerprint density at radius 1 is 1.55 bits per heavy atom. The van der Waals surface area contributed by atoms with Crippen LogP contribution in [0.1, 0.15) is 25.7 Å². The Labute approximate surface area is 68.4 Å². The van der Waals surface area contributed by atoms with Crippen molar-refractivity contribution in [3.05, 3.63) is 24.3 Å². The highest BCUT2D eigenvalue weighted by atomic mass is 16.2. The molecule has 0 spiro atoms. The van der Waals surface area contributed by atoms with Gasteiger partial charge in [-0.3, -0.25) is 0 Å². The van der Waals surface area contributed by atoms with Crippen molar-refractivity contribution in [1.29, 1.82) is 0 Å². The third-order valence-electron chi connectivity index (χ3n) is 2.28. The Morgan fingerprint density at radius 3 is 2.91 bits per heavy atom. The molecule has 1 atom stereocenters. The molecule has 1 nitrogen and oxygen atoms in total. The van der Waals surface area contributed by atoms with Gasteiger partial charge in [0.1, 0.15) is 0 Å². The summed E-state index contributed by atoms with van der Waals surface area (Å²) in [6, 6.07) is 0. The summed E-state index contributed by atoms with van der Waals surface area (Å²) < 4.78 is 0. The highest BCUT2D eigenvalue weighted by Gasteiger charge is 2.12. The van der Waals surface area contributed by atoms with E-state index in [0.29, 0.717) is 5.92 Å². The van der Waals surface area contributed by atoms with E-state index in [1.54, 1.807) is 0 Å². The Hall–Kier alpha value is -0.560. The molecule has 62 valence electrons. The second-order valence-electron chi connectivity index (χ2n) is 3.11. The summed E-state index contributed by atoms with van der Waals surface area (Å²) in [4.78, 5) is 0. The van der Waals surface area contributed by atoms with Crippen molar-refractivity contribution in [2.24, 2.45) is 5.92 Å². The van der Waals surface area contributed by atoms with Crippen molar-refractivity contribution in [3.63, 3.8) is 0 Å². The van der Waals surface area contributed by atoms with E-state index in [0.717, 1.165) is 12.8 Å². The normalized spacial score (nSPS) is 23.5. The van der Waals surface area contributed by atoms with Gasteiger partial charge in [-0.2, -0.15) is 0 Å². The quantitative estimate of drug-likeness (QED) is 0.615. The largest absolute Gasteiger partial charge is 0.396 e. The predicted octanol–water partition coefficient (Wildman–Crippen LogP) is 2.28. The van der Waals surface area contributed by atoms with Gasteiger partial charge in [0.2, 0.25) is 0 Å². The smallest absolute Gasteiger partial charge is 0.0468 e. The van der Waals surface area contributed by atoms with Crippen molar-refractivity contribution < 1.29 is 5.11 Å². The van der Waals surface area contributed by atoms with Gasteiger partial charge < -0.3 is 5.11 Å². The molecule has 0 aliphatic heterocycles. The van der Waals surface area contributed by atoms with Crippen LogP contribution in [-0.4, -0.2) is 11.7 Å². The van der Waals surface area contributed by atoms with E-state index in [1.807, 2.05) is 0 Å². The molecular formula is C10H16O. The summed E-state index contributed by atoms with van der Waals surface area (Å²) in [6.07, 6.45) is 8.74. The Kier molecular flexibility index (Phi) is 3.37. The molecule has 0 fully saturated rings. The summed E-state index contributed by atoms with van der Waals surface area (Å²) in [7, 11) is 0. The van der Waals surface area contributed by atoms with Crippen molar-refractivity contribution in [2.45, 2.75) is 25.7 Å². The Balaban J connectivity index is 2.34. The first-order chi connectivity index (χ1) is 5.34. The van der Waals surface area contributed by atoms with E-state index in [2.05, 4.69) is 18.7 Å². The monoisotopic (exact) mass is 152 g/mol. The van der Waals surface area contributed by atoms with Crippen molar-refractivity contribution in [3.8, 4) is 0 Å². The molecule has 11 heavy (non-hydrogen) atoms. The second kappa shape index (κ2) is 4.35. The average Bonchev–Trinajstić information content (AvgIpc) is 2.07. The lowest BCUT2D eigenvalue weighted by Gasteiger charge is -2.19. The zero-order valence-corrected chi connectivity index (χ0v) is 6.92. The summed E-state index contributed by atoms with van der Waals surface area (Å²) >= 11 is 0. The number of aliphatic hydroxyl groups is 1. The van der Waals surface area contributed by atoms with E-state index < -0.39 is 0 Å². The maximum Gasteiger partial charge on any atom is 0.0468 e. The first-order valence-electron chi connectivity index (χ1n) is 4.28. The average molecular weight is 152 g/mol. The minimum Gasteiger partial charge on any atom is -0.396 e. The van der Waals surface area contributed by atoms with Crippen molar-refractivity contribution in [1.82, 2.24) is 0 Å². The minimum absolute atomic E-state index is 0.249. The van der Waals surface area contributed by atoms with Gasteiger partial charge in [-0.25, -0.2) is 0 Å². The summed E-state index contributed by atoms with van der Waals surface area (Å²) in [6.45, 7) is 4.22. The highest BCUT2D eigenvalue weighted by Crippen LogP contribution is 2.25. The Morgan fingerprint density at radius 2 is 2.36 bits per heavy atom. The van der Waals surface area contributed by atoms with Gasteiger partial charge in [0, 0.05) is 6.61 Å². The number of hydrogen-bond acceptors (Lipinski definition) is 1. The van der Waals surface area contributed by atoms with Crippen LogP contribution < -0.4 is 0 Å². The second-order valence-corrected chi connectivity index (χ2v) is 3.11. The third-order valence-corrected chi connectivity index (χ3v) is 2.28. The topological polar surface area (TPSA) is 20.2 Å². The number of hydrogen-bond donors (Lipinski definition) is 1. The van der Waals surface area contributed by atoms with Crippen LogP contribution in [0.15, 0.2) is 24.3 Å². The lowest BCUT2D eigenvalue weighted by Crippen LogP contribution is -2.06. The van der Waals surface area contributed by atoms with E-state index >= 15 is 0 Å². The molecule has 0 radical (unpaired) electrons. The lowest BCUT2D eigenvalue weighted by molar-refractivity contribution is 0.293. The van der Waals surface area contributed by atoms with Crippen LogP contribution in [0, 0.1) is 5.92 Å². The molecule has 1 rings (SSSR count). The fraction of sp³-hybridized carbons (Fsp3) is 0.600. The van der Waals surface area contributed by atoms with Crippen LogP contribution in [-0.2, 0) is 0 Å². The molecule has 1 N–H and O–H groups in total. The van der Waals surface area contributed by atoms with Crippen LogP contribution in [0.2, 0.25) is 0 Å². The minimum atomic E-state index is 0.249. The fourth-order valence-electron chi connectivity index (χ4n) is 1.51. The van der Waals surface area contributed by atoms with Gasteiger partial charge >= 0.3 is 0 Å². The van der Waals surface area contributed by atoms with Gasteiger partial charge in [0.25, 0.3) is 0 Å². The first-order valence-corrected chi connectivity index (χ1v) is 4.28. The summed E-state index contributed by atoms with van der Waals surface area (Å²) in [5.74, 6) is 0.632. The molecule has 0 aromatic carbocycles. The SMILES string of the molecule is C=C(CCO)C1CC=CCC1. The van der Waals surface area contributed by atoms with Gasteiger partial charge in [0.05, 0.1) is 0 Å². The third kappa shape index (κ3) is 2.51. The maximum atomic E-state index is 8.69. The van der Waals surface area contributed by atoms with Gasteiger partial charge in [-0.15, -0.1) is 0 Å². The fourth-order valence-corrected chi connectivity index (χ4v) is 1.51. The predicted molar refractivity (Wildman–Crippen MR) is 47.3 cm³/mol. The van der Waals surface area contributed by atoms with Gasteiger partial charge in [-0.1, -0.05) is 24.3 Å². The first kappa shape index (κ1) is 8.54. The molecule has 1 heteroatoms. The zero-order valence-electron chi connectivity index (χ0n) is 6.92. The van der Waals surface area contributed by atoms with E-state index in [9.17, 15) is 0 Å². The van der Waals surface area contributed by atoms with Gasteiger partial charge in [0.15, 0.2) is 0 Å². The van der Waals surface area contributed by atoms with Crippen molar-refractivity contribution in [2.75, 3.05) is 6.61 Å². The Bertz CT molecular complexity index is 158. The molecule has 0 saturated carbocycles. The van der Waals surface area contributed by atoms with Crippen LogP contribution in [0.5, 0.6) is 0 Å². The van der Waals surface area contributed by atoms with E-state index in [4.69, 9.17) is 5.11 Å². The molecule has 0 aromatic heterocycles. The van der Waals surface area contributed by atoms with Crippen LogP contribution in [0.25, 0.3) is 0 Å². The van der Waals surface area contributed by atoms with Crippen LogP contribution in [0.3, 0.4) is 0 Å². The molecular weight excluding hydrogens is 136 g/mol. The molecule has 0 amide bonds. The molecule has 0 heterocycles. The number of rotatable bonds is 3. The molecule has 1 aliphatic carbocycles. The highest BCUT2D eigenvalue weighted by molar-refractivity contribution is 5.06. The molecule has 0 aromatic rings. The maximum absolute atomic E-state index is 8.69. The van der Waals surface area contributed by atoms with Crippen LogP contribution >= 0.6 is 0 Å².